The van der Waals surface area contributed by atoms with E-state index in [1.807, 2.05) is 14.0 Å². The minimum atomic E-state index is -0.301. The first-order chi connectivity index (χ1) is 6.45. The summed E-state index contributed by atoms with van der Waals surface area (Å²) < 4.78 is 0.347. The van der Waals surface area contributed by atoms with Gasteiger partial charge in [0.1, 0.15) is 20.1 Å². The van der Waals surface area contributed by atoms with Crippen molar-refractivity contribution in [2.24, 2.45) is 0 Å². The van der Waals surface area contributed by atoms with Crippen molar-refractivity contribution in [3.05, 3.63) is 12.2 Å². The lowest BCUT2D eigenvalue weighted by molar-refractivity contribution is -1.07. The van der Waals surface area contributed by atoms with Crippen molar-refractivity contribution in [3.63, 3.8) is 0 Å². The Hall–Kier alpha value is -0.830. The van der Waals surface area contributed by atoms with Gasteiger partial charge in [-0.15, -0.1) is 4.65 Å². The van der Waals surface area contributed by atoms with Crippen LogP contribution in [0.15, 0.2) is 12.2 Å². The predicted molar refractivity (Wildman–Crippen MR) is 57.4 cm³/mol. The van der Waals surface area contributed by atoms with Gasteiger partial charge in [-0.05, 0) is 20.3 Å². The monoisotopic (exact) mass is 200 g/mol. The number of hydrogen-bond acceptors (Lipinski definition) is 2. The summed E-state index contributed by atoms with van der Waals surface area (Å²) in [5.41, 5.74) is 0.458. The zero-order valence-corrected chi connectivity index (χ0v) is 9.80. The lowest BCUT2D eigenvalue weighted by Crippen LogP contribution is -2.46. The van der Waals surface area contributed by atoms with Crippen molar-refractivity contribution in [1.82, 2.24) is 0 Å². The third kappa shape index (κ3) is 4.42. The van der Waals surface area contributed by atoms with E-state index in [0.717, 1.165) is 25.9 Å². The minimum absolute atomic E-state index is 0.301. The van der Waals surface area contributed by atoms with Gasteiger partial charge in [0.25, 0.3) is 0 Å². The molecule has 82 valence electrons. The molecular formula is C11H22NO2+. The fourth-order valence-electron chi connectivity index (χ4n) is 1.04. The summed E-state index contributed by atoms with van der Waals surface area (Å²) in [7, 11) is 1.93. The van der Waals surface area contributed by atoms with Crippen molar-refractivity contribution >= 4 is 5.97 Å². The van der Waals surface area contributed by atoms with Gasteiger partial charge in [-0.3, -0.25) is 4.84 Å². The summed E-state index contributed by atoms with van der Waals surface area (Å²) >= 11 is 0. The molecule has 0 aliphatic rings. The van der Waals surface area contributed by atoms with Crippen molar-refractivity contribution < 1.29 is 14.3 Å². The van der Waals surface area contributed by atoms with Gasteiger partial charge in [0.15, 0.2) is 0 Å². The summed E-state index contributed by atoms with van der Waals surface area (Å²) in [5, 5.41) is 0. The van der Waals surface area contributed by atoms with Crippen LogP contribution in [0.4, 0.5) is 0 Å². The smallest absolute Gasteiger partial charge is 0.272 e. The topological polar surface area (TPSA) is 26.3 Å². The van der Waals surface area contributed by atoms with Gasteiger partial charge in [-0.2, -0.15) is 0 Å². The van der Waals surface area contributed by atoms with Crippen molar-refractivity contribution in [2.45, 2.75) is 33.6 Å². The highest BCUT2D eigenvalue weighted by Crippen LogP contribution is 2.09. The van der Waals surface area contributed by atoms with Crippen LogP contribution in [0.1, 0.15) is 33.6 Å². The van der Waals surface area contributed by atoms with Crippen LogP contribution in [-0.2, 0) is 9.63 Å². The molecule has 0 aromatic rings. The van der Waals surface area contributed by atoms with Gasteiger partial charge in [0, 0.05) is 5.57 Å². The van der Waals surface area contributed by atoms with Crippen LogP contribution in [0.25, 0.3) is 0 Å². The van der Waals surface area contributed by atoms with Gasteiger partial charge >= 0.3 is 5.97 Å². The summed E-state index contributed by atoms with van der Waals surface area (Å²) in [6.45, 7) is 11.0. The molecule has 14 heavy (non-hydrogen) atoms. The average Bonchev–Trinajstić information content (AvgIpc) is 2.14. The third-order valence-corrected chi connectivity index (χ3v) is 2.31. The first-order valence-electron chi connectivity index (χ1n) is 5.19. The molecule has 0 heterocycles. The molecule has 0 spiro atoms. The van der Waals surface area contributed by atoms with E-state index in [2.05, 4.69) is 13.5 Å². The quantitative estimate of drug-likeness (QED) is 0.373. The molecule has 1 unspecified atom stereocenters. The number of unbranched alkanes of at least 4 members (excludes halogenated alkanes) is 1. The summed E-state index contributed by atoms with van der Waals surface area (Å²) in [6.07, 6.45) is 2.17. The highest BCUT2D eigenvalue weighted by Gasteiger charge is 2.25. The van der Waals surface area contributed by atoms with E-state index in [-0.39, 0.29) is 5.97 Å². The van der Waals surface area contributed by atoms with Crippen molar-refractivity contribution in [1.29, 1.82) is 0 Å². The Bertz CT molecular complexity index is 213. The number of hydroxylamine groups is 3. The maximum atomic E-state index is 11.3. The van der Waals surface area contributed by atoms with E-state index in [4.69, 9.17) is 4.84 Å². The van der Waals surface area contributed by atoms with Crippen LogP contribution in [0.5, 0.6) is 0 Å². The molecule has 3 heteroatoms. The van der Waals surface area contributed by atoms with Crippen molar-refractivity contribution in [3.8, 4) is 0 Å². The molecule has 0 N–H and O–H groups in total. The van der Waals surface area contributed by atoms with E-state index in [1.54, 1.807) is 6.92 Å². The van der Waals surface area contributed by atoms with E-state index >= 15 is 0 Å². The Morgan fingerprint density at radius 1 is 1.43 bits per heavy atom. The Morgan fingerprint density at radius 3 is 2.36 bits per heavy atom. The molecule has 0 radical (unpaired) electrons. The average molecular weight is 200 g/mol. The first-order valence-corrected chi connectivity index (χ1v) is 5.19. The number of hydrogen-bond donors (Lipinski definition) is 0. The molecule has 0 rings (SSSR count). The molecule has 3 nitrogen and oxygen atoms in total. The molecular weight excluding hydrogens is 178 g/mol. The highest BCUT2D eigenvalue weighted by atomic mass is 16.7. The SMILES string of the molecule is C=C(C)C(=O)O[N+](C)(CC)CCCC. The molecule has 0 aromatic heterocycles. The Labute approximate surface area is 86.9 Å². The van der Waals surface area contributed by atoms with Gasteiger partial charge in [0.05, 0.1) is 0 Å². The minimum Gasteiger partial charge on any atom is -0.272 e. The summed E-state index contributed by atoms with van der Waals surface area (Å²) in [5.74, 6) is -0.301. The Balaban J connectivity index is 4.24. The van der Waals surface area contributed by atoms with E-state index in [0.29, 0.717) is 10.2 Å². The van der Waals surface area contributed by atoms with Gasteiger partial charge < -0.3 is 0 Å². The predicted octanol–water partition coefficient (Wildman–Crippen LogP) is 2.29. The lowest BCUT2D eigenvalue weighted by atomic mass is 10.3. The molecule has 0 bridgehead atoms. The number of quaternary nitrogens is 1. The van der Waals surface area contributed by atoms with Crippen LogP contribution in [0.2, 0.25) is 0 Å². The molecule has 0 saturated carbocycles. The number of rotatable bonds is 6. The van der Waals surface area contributed by atoms with Crippen molar-refractivity contribution in [2.75, 3.05) is 20.1 Å². The number of carbonyl (C=O) groups excluding carboxylic acids is 1. The molecule has 0 amide bonds. The maximum absolute atomic E-state index is 11.3. The zero-order valence-electron chi connectivity index (χ0n) is 9.80. The summed E-state index contributed by atoms with van der Waals surface area (Å²) in [4.78, 5) is 16.7. The molecule has 0 saturated heterocycles. The maximum Gasteiger partial charge on any atom is 0.392 e. The second-order valence-electron chi connectivity index (χ2n) is 3.85. The Kier molecular flexibility index (Phi) is 5.46. The lowest BCUT2D eigenvalue weighted by Gasteiger charge is -2.29. The van der Waals surface area contributed by atoms with E-state index in [1.165, 1.54) is 0 Å². The molecule has 0 aliphatic carbocycles. The first kappa shape index (κ1) is 13.2. The molecule has 0 aromatic carbocycles. The zero-order chi connectivity index (χ0) is 11.2. The molecule has 0 fully saturated rings. The largest absolute Gasteiger partial charge is 0.392 e. The summed E-state index contributed by atoms with van der Waals surface area (Å²) in [6, 6.07) is 0. The highest BCUT2D eigenvalue weighted by molar-refractivity contribution is 5.86. The fourth-order valence-corrected chi connectivity index (χ4v) is 1.04. The van der Waals surface area contributed by atoms with E-state index in [9.17, 15) is 4.79 Å². The van der Waals surface area contributed by atoms with Crippen LogP contribution in [0, 0.1) is 0 Å². The van der Waals surface area contributed by atoms with Crippen LogP contribution in [-0.4, -0.2) is 30.8 Å². The number of carbonyl (C=O) groups is 1. The molecule has 0 aliphatic heterocycles. The number of nitrogens with zero attached hydrogens (tertiary/aromatic N) is 1. The molecule has 1 atom stereocenters. The standard InChI is InChI=1S/C11H22NO2/c1-6-8-9-12(5,7-2)14-11(13)10(3)4/h3,6-9H2,1-2,4-5H3/q+1. The van der Waals surface area contributed by atoms with Gasteiger partial charge in [0.2, 0.25) is 0 Å². The fraction of sp³-hybridized carbons (Fsp3) is 0.727. The van der Waals surface area contributed by atoms with Gasteiger partial charge in [-0.1, -0.05) is 19.9 Å². The van der Waals surface area contributed by atoms with Crippen LogP contribution < -0.4 is 0 Å². The van der Waals surface area contributed by atoms with Gasteiger partial charge in [-0.25, -0.2) is 4.79 Å². The van der Waals surface area contributed by atoms with Crippen LogP contribution in [0.3, 0.4) is 0 Å². The second kappa shape index (κ2) is 5.81. The van der Waals surface area contributed by atoms with Crippen LogP contribution >= 0.6 is 0 Å². The third-order valence-electron chi connectivity index (χ3n) is 2.31. The van der Waals surface area contributed by atoms with E-state index < -0.39 is 0 Å². The Morgan fingerprint density at radius 2 is 2.00 bits per heavy atom. The second-order valence-corrected chi connectivity index (χ2v) is 3.85. The normalized spacial score (nSPS) is 14.6.